The van der Waals surface area contributed by atoms with Crippen LogP contribution in [0, 0.1) is 0 Å². The Kier molecular flexibility index (Phi) is 4.54. The molecule has 0 saturated heterocycles. The summed E-state index contributed by atoms with van der Waals surface area (Å²) >= 11 is 1.16. The Morgan fingerprint density at radius 2 is 1.94 bits per heavy atom. The highest BCUT2D eigenvalue weighted by atomic mass is 32.2. The molecule has 100 valence electrons. The first kappa shape index (κ1) is 14.3. The summed E-state index contributed by atoms with van der Waals surface area (Å²) in [7, 11) is 0. The Hall–Kier alpha value is -1.77. The third-order valence-corrected chi connectivity index (χ3v) is 3.16. The number of amides is 3. The molecule has 0 spiro atoms. The van der Waals surface area contributed by atoms with E-state index in [0.29, 0.717) is 5.16 Å². The van der Waals surface area contributed by atoms with Crippen molar-refractivity contribution >= 4 is 29.6 Å². The quantitative estimate of drug-likeness (QED) is 0.667. The Morgan fingerprint density at radius 3 is 2.44 bits per heavy atom. The minimum absolute atomic E-state index is 0.0777. The molecule has 1 unspecified atom stereocenters. The first-order valence-corrected chi connectivity index (χ1v) is 6.18. The summed E-state index contributed by atoms with van der Waals surface area (Å²) < 4.78 is 1.71. The number of nitrogens with two attached hydrogens (primary N) is 2. The number of carbonyl (C=O) groups excluding carboxylic acids is 2. The molecule has 3 amide bonds. The first-order chi connectivity index (χ1) is 8.32. The van der Waals surface area contributed by atoms with Crippen molar-refractivity contribution in [2.24, 2.45) is 5.73 Å². The van der Waals surface area contributed by atoms with Crippen LogP contribution in [0.3, 0.4) is 0 Å². The van der Waals surface area contributed by atoms with Crippen LogP contribution in [0.25, 0.3) is 0 Å². The number of urea groups is 1. The minimum Gasteiger partial charge on any atom is -0.368 e. The highest BCUT2D eigenvalue weighted by Crippen LogP contribution is 2.26. The molecule has 18 heavy (non-hydrogen) atoms. The summed E-state index contributed by atoms with van der Waals surface area (Å²) in [6.07, 6.45) is 0. The molecule has 0 aliphatic heterocycles. The monoisotopic (exact) mass is 272 g/mol. The standard InChI is InChI=1S/C9H16N6O2S/c1-4(2)15-7(10)13-14-9(15)18-5(3)6(16)12-8(11)17/h4-5H,1-3H3,(H2,10,13)(H3,11,12,16,17). The molecule has 8 nitrogen and oxygen atoms in total. The fourth-order valence-electron chi connectivity index (χ4n) is 1.29. The molecule has 9 heteroatoms. The van der Waals surface area contributed by atoms with Crippen molar-refractivity contribution in [3.8, 4) is 0 Å². The fourth-order valence-corrected chi connectivity index (χ4v) is 2.28. The molecular weight excluding hydrogens is 256 g/mol. The van der Waals surface area contributed by atoms with Crippen LogP contribution in [0.1, 0.15) is 26.8 Å². The molecule has 0 aliphatic rings. The number of nitrogen functional groups attached to an aromatic ring is 1. The first-order valence-electron chi connectivity index (χ1n) is 5.30. The van der Waals surface area contributed by atoms with Gasteiger partial charge in [0.05, 0.1) is 5.25 Å². The van der Waals surface area contributed by atoms with Crippen LogP contribution in [0.5, 0.6) is 0 Å². The highest BCUT2D eigenvalue weighted by Gasteiger charge is 2.21. The lowest BCUT2D eigenvalue weighted by Crippen LogP contribution is -2.39. The van der Waals surface area contributed by atoms with Crippen LogP contribution < -0.4 is 16.8 Å². The topological polar surface area (TPSA) is 129 Å². The molecule has 1 heterocycles. The third-order valence-electron chi connectivity index (χ3n) is 2.11. The van der Waals surface area contributed by atoms with Crippen molar-refractivity contribution < 1.29 is 9.59 Å². The van der Waals surface area contributed by atoms with Gasteiger partial charge in [0, 0.05) is 6.04 Å². The van der Waals surface area contributed by atoms with Crippen molar-refractivity contribution in [2.45, 2.75) is 37.2 Å². The zero-order valence-electron chi connectivity index (χ0n) is 10.4. The van der Waals surface area contributed by atoms with E-state index < -0.39 is 17.2 Å². The number of carbonyl (C=O) groups is 2. The summed E-state index contributed by atoms with van der Waals surface area (Å²) in [6.45, 7) is 5.49. The number of nitrogens with one attached hydrogen (secondary N) is 1. The van der Waals surface area contributed by atoms with Crippen LogP contribution in [0.15, 0.2) is 5.16 Å². The normalized spacial score (nSPS) is 12.4. The van der Waals surface area contributed by atoms with Crippen molar-refractivity contribution in [1.29, 1.82) is 0 Å². The molecule has 0 bridgehead atoms. The van der Waals surface area contributed by atoms with Crippen molar-refractivity contribution in [3.05, 3.63) is 0 Å². The van der Waals surface area contributed by atoms with E-state index in [-0.39, 0.29) is 12.0 Å². The average Bonchev–Trinajstić information content (AvgIpc) is 2.58. The van der Waals surface area contributed by atoms with E-state index in [1.165, 1.54) is 0 Å². The van der Waals surface area contributed by atoms with E-state index in [2.05, 4.69) is 10.2 Å². The van der Waals surface area contributed by atoms with E-state index in [1.54, 1.807) is 11.5 Å². The predicted octanol–water partition coefficient (Wildman–Crippen LogP) is 0.117. The molecule has 1 aromatic rings. The van der Waals surface area contributed by atoms with Gasteiger partial charge in [-0.15, -0.1) is 10.2 Å². The average molecular weight is 272 g/mol. The van der Waals surface area contributed by atoms with Crippen molar-refractivity contribution in [1.82, 2.24) is 20.1 Å². The predicted molar refractivity (Wildman–Crippen MR) is 67.9 cm³/mol. The second-order valence-corrected chi connectivity index (χ2v) is 5.23. The molecule has 1 atom stereocenters. The Balaban J connectivity index is 2.79. The molecule has 5 N–H and O–H groups in total. The molecule has 0 aliphatic carbocycles. The maximum atomic E-state index is 11.5. The van der Waals surface area contributed by atoms with Gasteiger partial charge in [-0.3, -0.25) is 14.7 Å². The summed E-state index contributed by atoms with van der Waals surface area (Å²) in [4.78, 5) is 22.1. The lowest BCUT2D eigenvalue weighted by molar-refractivity contribution is -0.119. The molecular formula is C9H16N6O2S. The lowest BCUT2D eigenvalue weighted by Gasteiger charge is -2.13. The Bertz CT molecular complexity index is 458. The number of primary amides is 1. The summed E-state index contributed by atoms with van der Waals surface area (Å²) in [6, 6.07) is -0.800. The Labute approximate surface area is 108 Å². The van der Waals surface area contributed by atoms with Crippen LogP contribution in [0.2, 0.25) is 0 Å². The fraction of sp³-hybridized carbons (Fsp3) is 0.556. The van der Waals surface area contributed by atoms with Gasteiger partial charge in [0.25, 0.3) is 0 Å². The van der Waals surface area contributed by atoms with Gasteiger partial charge in [0.15, 0.2) is 5.16 Å². The van der Waals surface area contributed by atoms with Crippen molar-refractivity contribution in [3.63, 3.8) is 0 Å². The van der Waals surface area contributed by atoms with Gasteiger partial charge >= 0.3 is 6.03 Å². The third kappa shape index (κ3) is 3.36. The second kappa shape index (κ2) is 5.71. The maximum absolute atomic E-state index is 11.5. The van der Waals surface area contributed by atoms with Crippen LogP contribution in [0.4, 0.5) is 10.7 Å². The number of anilines is 1. The lowest BCUT2D eigenvalue weighted by atomic mass is 10.4. The second-order valence-electron chi connectivity index (χ2n) is 3.92. The minimum atomic E-state index is -0.878. The SMILES string of the molecule is CC(Sc1nnc(N)n1C(C)C)C(=O)NC(N)=O. The largest absolute Gasteiger partial charge is 0.368 e. The number of hydrogen-bond donors (Lipinski definition) is 3. The summed E-state index contributed by atoms with van der Waals surface area (Å²) in [5, 5.41) is 9.65. The van der Waals surface area contributed by atoms with Gasteiger partial charge in [0.1, 0.15) is 0 Å². The van der Waals surface area contributed by atoms with Crippen molar-refractivity contribution in [2.75, 3.05) is 5.73 Å². The zero-order chi connectivity index (χ0) is 13.9. The van der Waals surface area contributed by atoms with E-state index in [4.69, 9.17) is 11.5 Å². The van der Waals surface area contributed by atoms with Gasteiger partial charge in [-0.05, 0) is 20.8 Å². The molecule has 1 rings (SSSR count). The summed E-state index contributed by atoms with van der Waals surface area (Å²) in [5.74, 6) is -0.195. The molecule has 0 radical (unpaired) electrons. The van der Waals surface area contributed by atoms with Gasteiger partial charge < -0.3 is 11.5 Å². The summed E-state index contributed by atoms with van der Waals surface area (Å²) in [5.41, 5.74) is 10.5. The van der Waals surface area contributed by atoms with E-state index in [0.717, 1.165) is 11.8 Å². The molecule has 0 fully saturated rings. The molecule has 1 aromatic heterocycles. The maximum Gasteiger partial charge on any atom is 0.318 e. The number of rotatable bonds is 4. The van der Waals surface area contributed by atoms with Gasteiger partial charge in [-0.1, -0.05) is 11.8 Å². The Morgan fingerprint density at radius 1 is 1.33 bits per heavy atom. The van der Waals surface area contributed by atoms with Gasteiger partial charge in [0.2, 0.25) is 11.9 Å². The number of thioether (sulfide) groups is 1. The number of aromatic nitrogens is 3. The van der Waals surface area contributed by atoms with Gasteiger partial charge in [-0.25, -0.2) is 4.79 Å². The molecule has 0 aromatic carbocycles. The highest BCUT2D eigenvalue weighted by molar-refractivity contribution is 8.00. The van der Waals surface area contributed by atoms with Crippen LogP contribution in [-0.4, -0.2) is 32.0 Å². The molecule has 0 saturated carbocycles. The number of imide groups is 1. The van der Waals surface area contributed by atoms with Gasteiger partial charge in [-0.2, -0.15) is 0 Å². The number of nitrogens with zero attached hydrogens (tertiary/aromatic N) is 3. The van der Waals surface area contributed by atoms with E-state index in [1.807, 2.05) is 19.2 Å². The smallest absolute Gasteiger partial charge is 0.318 e. The number of hydrogen-bond acceptors (Lipinski definition) is 6. The van der Waals surface area contributed by atoms with Crippen LogP contribution >= 0.6 is 11.8 Å². The van der Waals surface area contributed by atoms with Crippen LogP contribution in [-0.2, 0) is 4.79 Å². The zero-order valence-corrected chi connectivity index (χ0v) is 11.2. The van der Waals surface area contributed by atoms with E-state index >= 15 is 0 Å². The van der Waals surface area contributed by atoms with E-state index in [9.17, 15) is 9.59 Å².